The van der Waals surface area contributed by atoms with E-state index in [9.17, 15) is 9.90 Å². The van der Waals surface area contributed by atoms with Gasteiger partial charge in [-0.15, -0.1) is 0 Å². The number of rotatable bonds is 3. The molecule has 0 aliphatic carbocycles. The summed E-state index contributed by atoms with van der Waals surface area (Å²) < 4.78 is 5.18. The first-order chi connectivity index (χ1) is 12.8. The average molecular weight is 383 g/mol. The molecule has 3 nitrogen and oxygen atoms in total. The lowest BCUT2D eigenvalue weighted by atomic mass is 9.76. The zero-order chi connectivity index (χ0) is 21.4. The van der Waals surface area contributed by atoms with Crippen molar-refractivity contribution in [1.82, 2.24) is 0 Å². The summed E-state index contributed by atoms with van der Waals surface area (Å²) in [5, 5.41) is 11.0. The van der Waals surface area contributed by atoms with Gasteiger partial charge >= 0.3 is 5.97 Å². The number of phenolic OH excluding ortho intramolecular Hbond substituents is 1. The highest BCUT2D eigenvalue weighted by Gasteiger charge is 2.31. The quantitative estimate of drug-likeness (QED) is 0.671. The van der Waals surface area contributed by atoms with Crippen LogP contribution in [-0.4, -0.2) is 18.2 Å². The smallest absolute Gasteiger partial charge is 0.317 e. The van der Waals surface area contributed by atoms with Crippen LogP contribution in [-0.2, 0) is 20.4 Å². The molecule has 0 spiro atoms. The second kappa shape index (κ2) is 7.62. The number of esters is 1. The minimum atomic E-state index is -0.536. The van der Waals surface area contributed by atoms with Gasteiger partial charge in [-0.1, -0.05) is 83.0 Å². The summed E-state index contributed by atoms with van der Waals surface area (Å²) in [6, 6.07) is 10.1. The van der Waals surface area contributed by atoms with Gasteiger partial charge in [0.2, 0.25) is 0 Å². The molecule has 0 bridgehead atoms. The van der Waals surface area contributed by atoms with E-state index in [0.717, 1.165) is 33.4 Å². The molecule has 28 heavy (non-hydrogen) atoms. The van der Waals surface area contributed by atoms with Crippen LogP contribution in [0, 0.1) is 13.8 Å². The first-order valence-corrected chi connectivity index (χ1v) is 9.79. The van der Waals surface area contributed by atoms with Crippen LogP contribution in [0.3, 0.4) is 0 Å². The second-order valence-corrected chi connectivity index (χ2v) is 9.84. The average Bonchev–Trinajstić information content (AvgIpc) is 2.53. The molecule has 1 N–H and O–H groups in total. The van der Waals surface area contributed by atoms with E-state index in [1.165, 1.54) is 7.11 Å². The zero-order valence-corrected chi connectivity index (χ0v) is 18.7. The summed E-state index contributed by atoms with van der Waals surface area (Å²) in [5.41, 5.74) is 5.14. The summed E-state index contributed by atoms with van der Waals surface area (Å²) >= 11 is 0. The minimum Gasteiger partial charge on any atom is -0.507 e. The predicted octanol–water partition coefficient (Wildman–Crippen LogP) is 5.91. The lowest BCUT2D eigenvalue weighted by molar-refractivity contribution is -0.141. The number of phenols is 1. The maximum Gasteiger partial charge on any atom is 0.317 e. The van der Waals surface area contributed by atoms with Gasteiger partial charge in [-0.2, -0.15) is 0 Å². The molecule has 0 aromatic heterocycles. The van der Waals surface area contributed by atoms with E-state index in [4.69, 9.17) is 4.74 Å². The van der Waals surface area contributed by atoms with Crippen LogP contribution in [0.15, 0.2) is 30.3 Å². The summed E-state index contributed by atoms with van der Waals surface area (Å²) in [7, 11) is 1.42. The Morgan fingerprint density at radius 2 is 1.21 bits per heavy atom. The fraction of sp³-hybridized carbons (Fsp3) is 0.480. The van der Waals surface area contributed by atoms with E-state index in [-0.39, 0.29) is 16.8 Å². The molecule has 2 aromatic rings. The number of aryl methyl sites for hydroxylation is 2. The highest BCUT2D eigenvalue weighted by molar-refractivity contribution is 5.82. The molecule has 1 unspecified atom stereocenters. The van der Waals surface area contributed by atoms with E-state index >= 15 is 0 Å². The predicted molar refractivity (Wildman–Crippen MR) is 115 cm³/mol. The Labute approximate surface area is 169 Å². The summed E-state index contributed by atoms with van der Waals surface area (Å²) in [6.45, 7) is 16.5. The number of carbonyl (C=O) groups excluding carboxylic acids is 1. The molecule has 152 valence electrons. The SMILES string of the molecule is COC(=O)C(c1cc(C)cc(C)c1)c1cc(C(C)(C)C)c(O)c(C(C)(C)C)c1. The molecule has 0 radical (unpaired) electrons. The van der Waals surface area contributed by atoms with E-state index in [1.807, 2.05) is 38.1 Å². The van der Waals surface area contributed by atoms with Gasteiger partial charge in [-0.3, -0.25) is 4.79 Å². The maximum atomic E-state index is 12.9. The van der Waals surface area contributed by atoms with Gasteiger partial charge in [-0.05, 0) is 46.9 Å². The number of methoxy groups -OCH3 is 1. The molecule has 0 heterocycles. The second-order valence-electron chi connectivity index (χ2n) is 9.84. The van der Waals surface area contributed by atoms with Crippen molar-refractivity contribution in [2.24, 2.45) is 0 Å². The van der Waals surface area contributed by atoms with E-state index in [0.29, 0.717) is 5.75 Å². The maximum absolute atomic E-state index is 12.9. The van der Waals surface area contributed by atoms with Crippen molar-refractivity contribution in [2.75, 3.05) is 7.11 Å². The third-order valence-electron chi connectivity index (χ3n) is 5.10. The Morgan fingerprint density at radius 3 is 1.57 bits per heavy atom. The van der Waals surface area contributed by atoms with Gasteiger partial charge in [0.25, 0.3) is 0 Å². The van der Waals surface area contributed by atoms with Crippen LogP contribution in [0.4, 0.5) is 0 Å². The Bertz CT molecular complexity index is 824. The highest BCUT2D eigenvalue weighted by atomic mass is 16.5. The molecule has 0 fully saturated rings. The molecular weight excluding hydrogens is 348 g/mol. The molecule has 1 atom stereocenters. The van der Waals surface area contributed by atoms with Crippen LogP contribution in [0.2, 0.25) is 0 Å². The summed E-state index contributed by atoms with van der Waals surface area (Å²) in [4.78, 5) is 12.9. The van der Waals surface area contributed by atoms with Gasteiger partial charge in [0.15, 0.2) is 0 Å². The molecule has 2 rings (SSSR count). The van der Waals surface area contributed by atoms with Gasteiger partial charge in [-0.25, -0.2) is 0 Å². The monoisotopic (exact) mass is 382 g/mol. The van der Waals surface area contributed by atoms with Crippen LogP contribution in [0.25, 0.3) is 0 Å². The number of aromatic hydroxyl groups is 1. The van der Waals surface area contributed by atoms with Gasteiger partial charge in [0.05, 0.1) is 7.11 Å². The topological polar surface area (TPSA) is 46.5 Å². The minimum absolute atomic E-state index is 0.261. The third kappa shape index (κ3) is 4.57. The normalized spacial score (nSPS) is 13.3. The molecule has 2 aromatic carbocycles. The summed E-state index contributed by atoms with van der Waals surface area (Å²) in [6.07, 6.45) is 0. The molecule has 0 amide bonds. The van der Waals surface area contributed by atoms with Crippen molar-refractivity contribution < 1.29 is 14.6 Å². The van der Waals surface area contributed by atoms with Crippen molar-refractivity contribution in [1.29, 1.82) is 0 Å². The van der Waals surface area contributed by atoms with Crippen molar-refractivity contribution in [3.05, 3.63) is 63.7 Å². The van der Waals surface area contributed by atoms with E-state index < -0.39 is 5.92 Å². The van der Waals surface area contributed by atoms with Crippen molar-refractivity contribution in [3.8, 4) is 5.75 Å². The molecule has 3 heteroatoms. The number of carbonyl (C=O) groups is 1. The first kappa shape index (κ1) is 22.0. The highest BCUT2D eigenvalue weighted by Crippen LogP contribution is 2.42. The Hall–Kier alpha value is -2.29. The summed E-state index contributed by atoms with van der Waals surface area (Å²) in [5.74, 6) is -0.519. The first-order valence-electron chi connectivity index (χ1n) is 9.79. The number of hydrogen-bond acceptors (Lipinski definition) is 3. The lowest BCUT2D eigenvalue weighted by Gasteiger charge is -2.29. The van der Waals surface area contributed by atoms with Crippen LogP contribution < -0.4 is 0 Å². The van der Waals surface area contributed by atoms with Gasteiger partial charge in [0.1, 0.15) is 11.7 Å². The number of hydrogen-bond donors (Lipinski definition) is 1. The van der Waals surface area contributed by atoms with Crippen molar-refractivity contribution in [3.63, 3.8) is 0 Å². The Kier molecular flexibility index (Phi) is 5.98. The van der Waals surface area contributed by atoms with Crippen molar-refractivity contribution in [2.45, 2.75) is 72.1 Å². The largest absolute Gasteiger partial charge is 0.507 e. The van der Waals surface area contributed by atoms with E-state index in [2.05, 4.69) is 47.6 Å². The molecular formula is C25H34O3. The van der Waals surface area contributed by atoms with Crippen molar-refractivity contribution >= 4 is 5.97 Å². The molecule has 0 saturated carbocycles. The molecule has 0 aliphatic heterocycles. The third-order valence-corrected chi connectivity index (χ3v) is 5.10. The Morgan fingerprint density at radius 1 is 0.821 bits per heavy atom. The molecule has 0 saturated heterocycles. The fourth-order valence-corrected chi connectivity index (χ4v) is 3.73. The van der Waals surface area contributed by atoms with Gasteiger partial charge < -0.3 is 9.84 Å². The number of benzene rings is 2. The van der Waals surface area contributed by atoms with Gasteiger partial charge in [0, 0.05) is 0 Å². The molecule has 0 aliphatic rings. The van der Waals surface area contributed by atoms with Crippen LogP contribution >= 0.6 is 0 Å². The number of ether oxygens (including phenoxy) is 1. The lowest BCUT2D eigenvalue weighted by Crippen LogP contribution is -2.21. The van der Waals surface area contributed by atoms with Crippen LogP contribution in [0.5, 0.6) is 5.75 Å². The standard InChI is InChI=1S/C25H34O3/c1-15-10-16(2)12-17(11-15)21(23(27)28-9)18-13-19(24(3,4)5)22(26)20(14-18)25(6,7)8/h10-14,21,26H,1-9H3. The fourth-order valence-electron chi connectivity index (χ4n) is 3.73. The Balaban J connectivity index is 2.84. The van der Waals surface area contributed by atoms with E-state index in [1.54, 1.807) is 0 Å². The van der Waals surface area contributed by atoms with Crippen LogP contribution in [0.1, 0.15) is 80.8 Å². The zero-order valence-electron chi connectivity index (χ0n) is 18.7.